The largest absolute Gasteiger partial charge is 0.500 e. The van der Waals surface area contributed by atoms with Gasteiger partial charge in [0.15, 0.2) is 0 Å². The Balaban J connectivity index is 2.66. The van der Waals surface area contributed by atoms with Crippen LogP contribution < -0.4 is 5.32 Å². The molecule has 0 aliphatic carbocycles. The maximum absolute atomic E-state index is 10.8. The third kappa shape index (κ3) is 1.81. The molecule has 0 bridgehead atoms. The van der Waals surface area contributed by atoms with Crippen molar-refractivity contribution in [2.45, 2.75) is 0 Å². The van der Waals surface area contributed by atoms with Crippen molar-refractivity contribution in [3.8, 4) is 28.9 Å². The quantitative estimate of drug-likeness (QED) is 0.421. The Morgan fingerprint density at radius 1 is 1.15 bits per heavy atom. The first kappa shape index (κ1) is 13.3. The number of nitrogens with zero attached hydrogens (tertiary/aromatic N) is 2. The van der Waals surface area contributed by atoms with Gasteiger partial charge in [-0.25, -0.2) is 4.57 Å². The topological polar surface area (TPSA) is 141 Å². The maximum Gasteiger partial charge on any atom is 0.292 e. The fourth-order valence-electron chi connectivity index (χ4n) is 1.79. The van der Waals surface area contributed by atoms with Crippen molar-refractivity contribution in [1.29, 1.82) is 0 Å². The molecule has 9 heteroatoms. The van der Waals surface area contributed by atoms with Crippen molar-refractivity contribution in [2.24, 2.45) is 0 Å². The zero-order valence-electron chi connectivity index (χ0n) is 10.2. The molecule has 0 aliphatic rings. The van der Waals surface area contributed by atoms with Gasteiger partial charge in [0.25, 0.3) is 5.69 Å². The van der Waals surface area contributed by atoms with Crippen LogP contribution in [0.5, 0.6) is 23.3 Å². The average molecular weight is 281 g/mol. The monoisotopic (exact) mass is 281 g/mol. The number of benzene rings is 1. The van der Waals surface area contributed by atoms with E-state index < -0.39 is 28.2 Å². The molecule has 9 nitrogen and oxygen atoms in total. The summed E-state index contributed by atoms with van der Waals surface area (Å²) in [6, 6.07) is 3.68. The number of nitro groups is 1. The first-order valence-electron chi connectivity index (χ1n) is 5.39. The van der Waals surface area contributed by atoms with Gasteiger partial charge in [0, 0.05) is 13.1 Å². The first-order valence-corrected chi connectivity index (χ1v) is 5.39. The van der Waals surface area contributed by atoms with E-state index in [-0.39, 0.29) is 17.1 Å². The highest BCUT2D eigenvalue weighted by Crippen LogP contribution is 2.47. The van der Waals surface area contributed by atoms with Crippen LogP contribution in [0.3, 0.4) is 0 Å². The smallest absolute Gasteiger partial charge is 0.292 e. The molecule has 1 heterocycles. The molecular weight excluding hydrogens is 270 g/mol. The summed E-state index contributed by atoms with van der Waals surface area (Å²) in [5.74, 6) is -3.33. The predicted molar refractivity (Wildman–Crippen MR) is 68.6 cm³/mol. The lowest BCUT2D eigenvalue weighted by Crippen LogP contribution is -1.99. The Hall–Kier alpha value is -3.10. The van der Waals surface area contributed by atoms with Gasteiger partial charge in [0.2, 0.25) is 23.3 Å². The van der Waals surface area contributed by atoms with E-state index in [0.29, 0.717) is 0 Å². The van der Waals surface area contributed by atoms with Crippen LogP contribution in [0.1, 0.15) is 0 Å². The van der Waals surface area contributed by atoms with Crippen molar-refractivity contribution >= 4 is 11.4 Å². The van der Waals surface area contributed by atoms with E-state index in [9.17, 15) is 30.5 Å². The number of hydrogen-bond donors (Lipinski definition) is 5. The summed E-state index contributed by atoms with van der Waals surface area (Å²) in [5, 5.41) is 51.3. The molecule has 0 fully saturated rings. The van der Waals surface area contributed by atoms with Crippen molar-refractivity contribution in [1.82, 2.24) is 4.57 Å². The van der Waals surface area contributed by atoms with Crippen LogP contribution in [0.25, 0.3) is 5.69 Å². The second kappa shape index (κ2) is 4.53. The number of nitro benzene ring substituents is 1. The number of aromatic nitrogens is 1. The Bertz CT molecular complexity index is 668. The Morgan fingerprint density at radius 3 is 2.15 bits per heavy atom. The van der Waals surface area contributed by atoms with Gasteiger partial charge in [-0.3, -0.25) is 10.1 Å². The van der Waals surface area contributed by atoms with Gasteiger partial charge in [0.1, 0.15) is 5.69 Å². The standard InChI is InChI=1S/C11H11N3O6/c1-12-6-4-5(2-3-7(6)14(19)20)13-10(17)8(15)9(16)11(13)18/h2-4,12,15-18H,1H3. The van der Waals surface area contributed by atoms with E-state index in [1.807, 2.05) is 0 Å². The summed E-state index contributed by atoms with van der Waals surface area (Å²) < 4.78 is 0.745. The summed E-state index contributed by atoms with van der Waals surface area (Å²) in [5.41, 5.74) is 0.0559. The van der Waals surface area contributed by atoms with Gasteiger partial charge in [-0.15, -0.1) is 0 Å². The average Bonchev–Trinajstić information content (AvgIpc) is 2.62. The first-order chi connectivity index (χ1) is 9.38. The van der Waals surface area contributed by atoms with Crippen molar-refractivity contribution in [3.05, 3.63) is 28.3 Å². The van der Waals surface area contributed by atoms with Crippen LogP contribution in [0.15, 0.2) is 18.2 Å². The van der Waals surface area contributed by atoms with Crippen LogP contribution >= 0.6 is 0 Å². The number of hydrogen-bond acceptors (Lipinski definition) is 7. The van der Waals surface area contributed by atoms with Gasteiger partial charge >= 0.3 is 0 Å². The Morgan fingerprint density at radius 2 is 1.70 bits per heavy atom. The molecule has 2 rings (SSSR count). The van der Waals surface area contributed by atoms with Crippen LogP contribution in [0.4, 0.5) is 11.4 Å². The highest BCUT2D eigenvalue weighted by molar-refractivity contribution is 5.68. The normalized spacial score (nSPS) is 10.4. The van der Waals surface area contributed by atoms with E-state index in [1.54, 1.807) is 0 Å². The minimum Gasteiger partial charge on any atom is -0.500 e. The molecule has 0 amide bonds. The van der Waals surface area contributed by atoms with Gasteiger partial charge < -0.3 is 25.7 Å². The number of nitrogens with one attached hydrogen (secondary N) is 1. The molecule has 0 aliphatic heterocycles. The van der Waals surface area contributed by atoms with Crippen molar-refractivity contribution in [2.75, 3.05) is 12.4 Å². The molecule has 2 aromatic rings. The third-order valence-corrected chi connectivity index (χ3v) is 2.78. The van der Waals surface area contributed by atoms with Crippen molar-refractivity contribution in [3.63, 3.8) is 0 Å². The van der Waals surface area contributed by atoms with Gasteiger partial charge in [-0.1, -0.05) is 0 Å². The van der Waals surface area contributed by atoms with Crippen molar-refractivity contribution < 1.29 is 25.3 Å². The van der Waals surface area contributed by atoms with E-state index in [0.717, 1.165) is 10.6 Å². The molecule has 20 heavy (non-hydrogen) atoms. The number of aromatic hydroxyl groups is 4. The lowest BCUT2D eigenvalue weighted by molar-refractivity contribution is -0.383. The minimum absolute atomic E-state index is 0.116. The molecule has 106 valence electrons. The van der Waals surface area contributed by atoms with E-state index in [1.165, 1.54) is 19.2 Å². The molecule has 0 atom stereocenters. The molecule has 0 radical (unpaired) electrons. The van der Waals surface area contributed by atoms with E-state index in [4.69, 9.17) is 0 Å². The van der Waals surface area contributed by atoms with E-state index in [2.05, 4.69) is 5.32 Å². The minimum atomic E-state index is -0.883. The van der Waals surface area contributed by atoms with Crippen LogP contribution in [-0.4, -0.2) is 37.0 Å². The highest BCUT2D eigenvalue weighted by Gasteiger charge is 2.24. The molecule has 1 aromatic heterocycles. The molecule has 0 unspecified atom stereocenters. The number of rotatable bonds is 3. The Kier molecular flexibility index (Phi) is 3.02. The molecular formula is C11H11N3O6. The van der Waals surface area contributed by atoms with Crippen LogP contribution in [0, 0.1) is 10.1 Å². The van der Waals surface area contributed by atoms with Gasteiger partial charge in [-0.05, 0) is 12.1 Å². The molecule has 0 saturated heterocycles. The third-order valence-electron chi connectivity index (χ3n) is 2.78. The summed E-state index contributed by atoms with van der Waals surface area (Å²) in [6.07, 6.45) is 0. The van der Waals surface area contributed by atoms with Gasteiger partial charge in [0.05, 0.1) is 10.6 Å². The van der Waals surface area contributed by atoms with E-state index >= 15 is 0 Å². The predicted octanol–water partition coefficient (Wildman–Crippen LogP) is 1.25. The molecule has 0 saturated carbocycles. The second-order valence-corrected chi connectivity index (χ2v) is 3.89. The number of anilines is 1. The fourth-order valence-corrected chi connectivity index (χ4v) is 1.79. The Labute approximate surface area is 112 Å². The summed E-state index contributed by atoms with van der Waals surface area (Å²) in [7, 11) is 1.47. The molecule has 5 N–H and O–H groups in total. The summed E-state index contributed by atoms with van der Waals surface area (Å²) >= 11 is 0. The van der Waals surface area contributed by atoms with Gasteiger partial charge in [-0.2, -0.15) is 0 Å². The molecule has 0 spiro atoms. The highest BCUT2D eigenvalue weighted by atomic mass is 16.6. The summed E-state index contributed by atoms with van der Waals surface area (Å²) in [6.45, 7) is 0. The lowest BCUT2D eigenvalue weighted by atomic mass is 10.2. The lowest BCUT2D eigenvalue weighted by Gasteiger charge is -2.09. The zero-order valence-corrected chi connectivity index (χ0v) is 10.2. The maximum atomic E-state index is 10.8. The zero-order chi connectivity index (χ0) is 15.0. The summed E-state index contributed by atoms with van der Waals surface area (Å²) in [4.78, 5) is 10.2. The van der Waals surface area contributed by atoms with Crippen LogP contribution in [-0.2, 0) is 0 Å². The SMILES string of the molecule is CNc1cc(-n2c(O)c(O)c(O)c2O)ccc1[N+](=O)[O-]. The second-order valence-electron chi connectivity index (χ2n) is 3.89. The van der Waals surface area contributed by atoms with Crippen LogP contribution in [0.2, 0.25) is 0 Å². The fraction of sp³-hybridized carbons (Fsp3) is 0.0909. The molecule has 1 aromatic carbocycles.